The van der Waals surface area contributed by atoms with Crippen molar-refractivity contribution in [3.8, 4) is 5.75 Å². The van der Waals surface area contributed by atoms with Crippen molar-refractivity contribution in [3.05, 3.63) is 75.6 Å². The van der Waals surface area contributed by atoms with Gasteiger partial charge in [-0.1, -0.05) is 6.07 Å². The van der Waals surface area contributed by atoms with Gasteiger partial charge in [-0.25, -0.2) is 0 Å². The summed E-state index contributed by atoms with van der Waals surface area (Å²) in [6.07, 6.45) is 1.55. The molecule has 3 aromatic rings. The monoisotopic (exact) mass is 339 g/mol. The minimum atomic E-state index is -1.40. The van der Waals surface area contributed by atoms with Crippen LogP contribution < -0.4 is 9.84 Å². The molecule has 0 bridgehead atoms. The number of hydrogen-bond acceptors (Lipinski definition) is 6. The van der Waals surface area contributed by atoms with Crippen LogP contribution >= 0.6 is 0 Å². The summed E-state index contributed by atoms with van der Waals surface area (Å²) in [5.74, 6) is -1.96. The number of carbonyl (C=O) groups excluding carboxylic acids is 2. The number of rotatable bonds is 5. The zero-order valence-corrected chi connectivity index (χ0v) is 13.0. The van der Waals surface area contributed by atoms with Crippen LogP contribution in [0.15, 0.2) is 48.7 Å². The molecule has 0 N–H and O–H groups in total. The van der Waals surface area contributed by atoms with E-state index in [0.717, 1.165) is 0 Å². The van der Waals surface area contributed by atoms with Crippen LogP contribution in [-0.4, -0.2) is 28.2 Å². The molecule has 3 rings (SSSR count). The third-order valence-electron chi connectivity index (χ3n) is 3.77. The van der Waals surface area contributed by atoms with Crippen molar-refractivity contribution in [2.75, 3.05) is 7.11 Å². The maximum Gasteiger partial charge on any atom is 0.310 e. The molecule has 0 amide bonds. The number of ketones is 1. The fraction of sp³-hybridized carbons (Fsp3) is 0.0588. The fourth-order valence-corrected chi connectivity index (χ4v) is 2.61. The largest absolute Gasteiger partial charge is 0.545 e. The van der Waals surface area contributed by atoms with Crippen LogP contribution in [0.3, 0.4) is 0 Å². The topological polar surface area (TPSA) is 114 Å². The summed E-state index contributed by atoms with van der Waals surface area (Å²) in [6.45, 7) is 0. The molecular formula is C17H11N2O6-. The first-order chi connectivity index (χ1) is 11.9. The van der Waals surface area contributed by atoms with E-state index >= 15 is 0 Å². The van der Waals surface area contributed by atoms with Crippen molar-refractivity contribution in [2.24, 2.45) is 0 Å². The third kappa shape index (κ3) is 2.69. The van der Waals surface area contributed by atoms with Crippen molar-refractivity contribution in [2.45, 2.75) is 0 Å². The average Bonchev–Trinajstić information content (AvgIpc) is 3.00. The molecule has 126 valence electrons. The molecule has 0 aliphatic carbocycles. The number of nitro groups is 1. The summed E-state index contributed by atoms with van der Waals surface area (Å²) in [6, 6.07) is 9.79. The molecule has 2 heterocycles. The average molecular weight is 339 g/mol. The summed E-state index contributed by atoms with van der Waals surface area (Å²) >= 11 is 0. The number of aromatic nitrogens is 1. The highest BCUT2D eigenvalue weighted by molar-refractivity contribution is 6.11. The lowest BCUT2D eigenvalue weighted by Gasteiger charge is -2.05. The Morgan fingerprint density at radius 1 is 1.16 bits per heavy atom. The lowest BCUT2D eigenvalue weighted by Crippen LogP contribution is -2.21. The molecule has 8 nitrogen and oxygen atoms in total. The van der Waals surface area contributed by atoms with Crippen LogP contribution in [0.5, 0.6) is 5.75 Å². The van der Waals surface area contributed by atoms with Crippen LogP contribution in [0.4, 0.5) is 5.69 Å². The van der Waals surface area contributed by atoms with E-state index in [0.29, 0.717) is 5.52 Å². The predicted octanol–water partition coefficient (Wildman–Crippen LogP) is 1.45. The van der Waals surface area contributed by atoms with E-state index in [4.69, 9.17) is 4.74 Å². The van der Waals surface area contributed by atoms with Gasteiger partial charge >= 0.3 is 5.69 Å². The molecule has 0 saturated carbocycles. The van der Waals surface area contributed by atoms with Gasteiger partial charge in [0.1, 0.15) is 0 Å². The molecule has 8 heteroatoms. The predicted molar refractivity (Wildman–Crippen MR) is 84.8 cm³/mol. The number of fused-ring (bicyclic) bond motifs is 1. The zero-order valence-electron chi connectivity index (χ0n) is 13.0. The minimum absolute atomic E-state index is 0.0585. The molecule has 0 radical (unpaired) electrons. The first-order valence-corrected chi connectivity index (χ1v) is 7.12. The van der Waals surface area contributed by atoms with E-state index < -0.39 is 16.7 Å². The van der Waals surface area contributed by atoms with Crippen LogP contribution in [0.25, 0.3) is 5.52 Å². The van der Waals surface area contributed by atoms with E-state index in [1.165, 1.54) is 35.8 Å². The smallest absolute Gasteiger partial charge is 0.310 e. The van der Waals surface area contributed by atoms with Crippen molar-refractivity contribution < 1.29 is 24.4 Å². The van der Waals surface area contributed by atoms with Gasteiger partial charge in [0.05, 0.1) is 29.2 Å². The molecule has 2 aromatic heterocycles. The Bertz CT molecular complexity index is 1020. The highest BCUT2D eigenvalue weighted by Gasteiger charge is 2.21. The summed E-state index contributed by atoms with van der Waals surface area (Å²) in [5, 5.41) is 22.2. The van der Waals surface area contributed by atoms with Crippen LogP contribution in [0.2, 0.25) is 0 Å². The standard InChI is InChI=1S/C17H12N2O6/c1-25-15-8-10(5-6-13(15)19(23)24)16(20)14-9-11(17(21)22)12-4-2-3-7-18(12)14/h2-9H,1H3,(H,21,22)/p-1. The van der Waals surface area contributed by atoms with E-state index in [1.54, 1.807) is 24.4 Å². The summed E-state index contributed by atoms with van der Waals surface area (Å²) in [5.41, 5.74) is 0.174. The van der Waals surface area contributed by atoms with Crippen molar-refractivity contribution in [1.29, 1.82) is 0 Å². The van der Waals surface area contributed by atoms with Gasteiger partial charge in [0, 0.05) is 23.4 Å². The van der Waals surface area contributed by atoms with E-state index in [-0.39, 0.29) is 28.3 Å². The third-order valence-corrected chi connectivity index (χ3v) is 3.77. The van der Waals surface area contributed by atoms with E-state index in [9.17, 15) is 24.8 Å². The summed E-state index contributed by atoms with van der Waals surface area (Å²) in [4.78, 5) is 34.4. The van der Waals surface area contributed by atoms with Crippen molar-refractivity contribution in [3.63, 3.8) is 0 Å². The van der Waals surface area contributed by atoms with Gasteiger partial charge in [-0.3, -0.25) is 14.9 Å². The van der Waals surface area contributed by atoms with Gasteiger partial charge < -0.3 is 19.0 Å². The maximum atomic E-state index is 12.8. The number of carbonyl (C=O) groups is 2. The first kappa shape index (κ1) is 16.2. The Balaban J connectivity index is 2.15. The number of carboxylic acids is 1. The molecule has 1 aromatic carbocycles. The van der Waals surface area contributed by atoms with E-state index in [2.05, 4.69) is 0 Å². The Hall–Kier alpha value is -3.68. The van der Waals surface area contributed by atoms with Gasteiger partial charge in [-0.05, 0) is 30.3 Å². The molecule has 0 saturated heterocycles. The molecule has 25 heavy (non-hydrogen) atoms. The molecular weight excluding hydrogens is 328 g/mol. The Morgan fingerprint density at radius 2 is 1.92 bits per heavy atom. The second-order valence-corrected chi connectivity index (χ2v) is 5.16. The number of nitro benzene ring substituents is 1. The number of aromatic carboxylic acids is 1. The number of carboxylic acid groups (broad SMARTS) is 1. The fourth-order valence-electron chi connectivity index (χ4n) is 2.61. The Morgan fingerprint density at radius 3 is 2.56 bits per heavy atom. The van der Waals surface area contributed by atoms with Gasteiger partial charge in [-0.2, -0.15) is 0 Å². The lowest BCUT2D eigenvalue weighted by atomic mass is 10.1. The molecule has 0 aliphatic rings. The van der Waals surface area contributed by atoms with Crippen molar-refractivity contribution >= 4 is 23.0 Å². The molecule has 0 atom stereocenters. The highest BCUT2D eigenvalue weighted by Crippen LogP contribution is 2.29. The highest BCUT2D eigenvalue weighted by atomic mass is 16.6. The number of pyridine rings is 1. The SMILES string of the molecule is COc1cc(C(=O)c2cc(C(=O)[O-])c3ccccn23)ccc1[N+](=O)[O-]. The number of ether oxygens (including phenoxy) is 1. The number of benzene rings is 1. The second-order valence-electron chi connectivity index (χ2n) is 5.16. The van der Waals surface area contributed by atoms with Gasteiger partial charge in [0.2, 0.25) is 5.78 Å². The zero-order chi connectivity index (χ0) is 18.1. The van der Waals surface area contributed by atoms with Gasteiger partial charge in [0.25, 0.3) is 0 Å². The molecule has 0 fully saturated rings. The number of hydrogen-bond donors (Lipinski definition) is 0. The quantitative estimate of drug-likeness (QED) is 0.395. The normalized spacial score (nSPS) is 10.6. The van der Waals surface area contributed by atoms with E-state index in [1.807, 2.05) is 0 Å². The Labute approximate surface area is 141 Å². The maximum absolute atomic E-state index is 12.8. The van der Waals surface area contributed by atoms with Gasteiger partial charge in [-0.15, -0.1) is 0 Å². The van der Waals surface area contributed by atoms with Gasteiger partial charge in [0.15, 0.2) is 5.75 Å². The van der Waals surface area contributed by atoms with Crippen LogP contribution in [0, 0.1) is 10.1 Å². The second kappa shape index (κ2) is 6.08. The van der Waals surface area contributed by atoms with Crippen LogP contribution in [0.1, 0.15) is 26.4 Å². The number of methoxy groups -OCH3 is 1. The first-order valence-electron chi connectivity index (χ1n) is 7.12. The molecule has 0 aliphatic heterocycles. The summed E-state index contributed by atoms with van der Waals surface area (Å²) in [7, 11) is 1.26. The summed E-state index contributed by atoms with van der Waals surface area (Å²) < 4.78 is 6.39. The molecule has 0 spiro atoms. The molecule has 0 unspecified atom stereocenters. The minimum Gasteiger partial charge on any atom is -0.545 e. The van der Waals surface area contributed by atoms with Crippen molar-refractivity contribution in [1.82, 2.24) is 4.40 Å². The Kier molecular flexibility index (Phi) is 3.94. The van der Waals surface area contributed by atoms with Crippen LogP contribution in [-0.2, 0) is 0 Å². The lowest BCUT2D eigenvalue weighted by molar-refractivity contribution is -0.385. The number of nitrogens with zero attached hydrogens (tertiary/aromatic N) is 2.